The van der Waals surface area contributed by atoms with Crippen LogP contribution in [-0.4, -0.2) is 14.5 Å². The normalized spacial score (nSPS) is 12.1. The second-order valence-corrected chi connectivity index (χ2v) is 7.20. The second kappa shape index (κ2) is 5.16. The van der Waals surface area contributed by atoms with Gasteiger partial charge in [0.1, 0.15) is 0 Å². The van der Waals surface area contributed by atoms with Gasteiger partial charge in [-0.1, -0.05) is 15.9 Å². The zero-order valence-electron chi connectivity index (χ0n) is 9.21. The number of benzene rings is 1. The number of aryl methyl sites for hydroxylation is 1. The summed E-state index contributed by atoms with van der Waals surface area (Å²) >= 11 is 6.59. The lowest BCUT2D eigenvalue weighted by molar-refractivity contribution is 0.569. The summed E-state index contributed by atoms with van der Waals surface area (Å²) in [5, 5.41) is 0. The first-order valence-electron chi connectivity index (χ1n) is 4.72. The first-order valence-corrected chi connectivity index (χ1v) is 7.79. The Morgan fingerprint density at radius 1 is 1.19 bits per heavy atom. The molecule has 0 unspecified atom stereocenters. The van der Waals surface area contributed by atoms with E-state index >= 15 is 0 Å². The molecule has 16 heavy (non-hydrogen) atoms. The van der Waals surface area contributed by atoms with Crippen LogP contribution in [0.1, 0.15) is 19.4 Å². The van der Waals surface area contributed by atoms with Crippen molar-refractivity contribution in [1.29, 1.82) is 0 Å². The number of hydrogen-bond acceptors (Lipinski definition) is 2. The van der Waals surface area contributed by atoms with Crippen molar-refractivity contribution in [3.05, 3.63) is 26.6 Å². The molecule has 0 saturated carbocycles. The van der Waals surface area contributed by atoms with E-state index in [0.29, 0.717) is 4.47 Å². The Labute approximate surface area is 113 Å². The summed E-state index contributed by atoms with van der Waals surface area (Å²) in [4.78, 5) is 0.249. The van der Waals surface area contributed by atoms with Crippen molar-refractivity contribution in [3.63, 3.8) is 0 Å². The Morgan fingerprint density at radius 2 is 1.75 bits per heavy atom. The van der Waals surface area contributed by atoms with Crippen LogP contribution in [-0.2, 0) is 10.0 Å². The Bertz CT molecular complexity index is 498. The lowest BCUT2D eigenvalue weighted by atomic mass is 10.2. The molecule has 0 fully saturated rings. The molecule has 0 aromatic heterocycles. The second-order valence-electron chi connectivity index (χ2n) is 3.81. The van der Waals surface area contributed by atoms with E-state index in [-0.39, 0.29) is 10.9 Å². The number of nitrogens with one attached hydrogen (secondary N) is 1. The summed E-state index contributed by atoms with van der Waals surface area (Å²) in [5.74, 6) is 0. The summed E-state index contributed by atoms with van der Waals surface area (Å²) in [6.45, 7) is 5.48. The topological polar surface area (TPSA) is 46.2 Å². The minimum Gasteiger partial charge on any atom is -0.209 e. The molecule has 0 radical (unpaired) electrons. The molecule has 0 aliphatic carbocycles. The molecule has 3 nitrogen and oxygen atoms in total. The highest BCUT2D eigenvalue weighted by Crippen LogP contribution is 2.28. The summed E-state index contributed by atoms with van der Waals surface area (Å²) in [5.41, 5.74) is 0.982. The van der Waals surface area contributed by atoms with Gasteiger partial charge in [0, 0.05) is 15.0 Å². The first-order chi connectivity index (χ1) is 7.24. The Hall–Kier alpha value is 0.0900. The number of rotatable bonds is 3. The van der Waals surface area contributed by atoms with Gasteiger partial charge < -0.3 is 0 Å². The summed E-state index contributed by atoms with van der Waals surface area (Å²) < 4.78 is 27.8. The maximum absolute atomic E-state index is 12.0. The molecule has 1 aromatic carbocycles. The van der Waals surface area contributed by atoms with Crippen LogP contribution in [0.3, 0.4) is 0 Å². The zero-order chi connectivity index (χ0) is 12.5. The van der Waals surface area contributed by atoms with Gasteiger partial charge in [-0.3, -0.25) is 0 Å². The van der Waals surface area contributed by atoms with E-state index in [2.05, 4.69) is 36.6 Å². The standard InChI is InChI=1S/C10H13Br2NO2S/c1-6(2)13-16(14,15)10-5-8(11)7(3)4-9(10)12/h4-6,13H,1-3H3. The molecular weight excluding hydrogens is 358 g/mol. The van der Waals surface area contributed by atoms with Gasteiger partial charge in [0.25, 0.3) is 0 Å². The SMILES string of the molecule is Cc1cc(Br)c(S(=O)(=O)NC(C)C)cc1Br. The first kappa shape index (κ1) is 14.2. The third-order valence-corrected chi connectivity index (χ3v) is 5.36. The molecule has 0 atom stereocenters. The van der Waals surface area contributed by atoms with Crippen LogP contribution in [0.4, 0.5) is 0 Å². The van der Waals surface area contributed by atoms with E-state index in [4.69, 9.17) is 0 Å². The molecule has 1 N–H and O–H groups in total. The van der Waals surface area contributed by atoms with Crippen LogP contribution in [0.15, 0.2) is 26.0 Å². The van der Waals surface area contributed by atoms with Crippen LogP contribution in [0.25, 0.3) is 0 Å². The van der Waals surface area contributed by atoms with Gasteiger partial charge in [0.15, 0.2) is 0 Å². The van der Waals surface area contributed by atoms with Gasteiger partial charge in [-0.15, -0.1) is 0 Å². The molecular formula is C10H13Br2NO2S. The third kappa shape index (κ3) is 3.29. The smallest absolute Gasteiger partial charge is 0.209 e. The molecule has 0 spiro atoms. The molecule has 0 aliphatic rings. The van der Waals surface area contributed by atoms with Gasteiger partial charge in [-0.25, -0.2) is 13.1 Å². The van der Waals surface area contributed by atoms with E-state index in [1.807, 2.05) is 6.92 Å². The predicted octanol–water partition coefficient (Wildman–Crippen LogP) is 3.21. The molecule has 0 aliphatic heterocycles. The van der Waals surface area contributed by atoms with E-state index in [1.54, 1.807) is 26.0 Å². The largest absolute Gasteiger partial charge is 0.241 e. The Balaban J connectivity index is 3.29. The van der Waals surface area contributed by atoms with Crippen LogP contribution in [0.2, 0.25) is 0 Å². The van der Waals surface area contributed by atoms with Gasteiger partial charge in [-0.05, 0) is 54.4 Å². The summed E-state index contributed by atoms with van der Waals surface area (Å²) in [6.07, 6.45) is 0. The molecule has 0 saturated heterocycles. The Kier molecular flexibility index (Phi) is 4.57. The molecule has 90 valence electrons. The van der Waals surface area contributed by atoms with Crippen LogP contribution in [0.5, 0.6) is 0 Å². The Morgan fingerprint density at radius 3 is 2.25 bits per heavy atom. The quantitative estimate of drug-likeness (QED) is 0.887. The highest BCUT2D eigenvalue weighted by Gasteiger charge is 2.19. The van der Waals surface area contributed by atoms with Crippen LogP contribution < -0.4 is 4.72 Å². The summed E-state index contributed by atoms with van der Waals surface area (Å²) in [7, 11) is -3.46. The minimum absolute atomic E-state index is 0.128. The maximum atomic E-state index is 12.0. The van der Waals surface area contributed by atoms with Gasteiger partial charge in [0.05, 0.1) is 4.90 Å². The minimum atomic E-state index is -3.46. The average molecular weight is 371 g/mol. The highest BCUT2D eigenvalue weighted by atomic mass is 79.9. The van der Waals surface area contributed by atoms with Crippen LogP contribution in [0, 0.1) is 6.92 Å². The zero-order valence-corrected chi connectivity index (χ0v) is 13.2. The molecule has 1 rings (SSSR count). The molecule has 1 aromatic rings. The van der Waals surface area contributed by atoms with Gasteiger partial charge in [0.2, 0.25) is 10.0 Å². The van der Waals surface area contributed by atoms with Gasteiger partial charge in [-0.2, -0.15) is 0 Å². The van der Waals surface area contributed by atoms with E-state index in [1.165, 1.54) is 0 Å². The van der Waals surface area contributed by atoms with Crippen molar-refractivity contribution in [2.45, 2.75) is 31.7 Å². The molecule has 0 heterocycles. The van der Waals surface area contributed by atoms with Crippen molar-refractivity contribution >= 4 is 41.9 Å². The van der Waals surface area contributed by atoms with E-state index in [0.717, 1.165) is 10.0 Å². The lowest BCUT2D eigenvalue weighted by Crippen LogP contribution is -2.30. The highest BCUT2D eigenvalue weighted by molar-refractivity contribution is 9.11. The summed E-state index contributed by atoms with van der Waals surface area (Å²) in [6, 6.07) is 3.25. The van der Waals surface area contributed by atoms with Crippen LogP contribution >= 0.6 is 31.9 Å². The number of hydrogen-bond donors (Lipinski definition) is 1. The van der Waals surface area contributed by atoms with Crippen molar-refractivity contribution in [2.24, 2.45) is 0 Å². The molecule has 6 heteroatoms. The van der Waals surface area contributed by atoms with Gasteiger partial charge >= 0.3 is 0 Å². The number of sulfonamides is 1. The van der Waals surface area contributed by atoms with Crippen molar-refractivity contribution < 1.29 is 8.42 Å². The molecule has 0 bridgehead atoms. The average Bonchev–Trinajstić information content (AvgIpc) is 2.08. The fourth-order valence-electron chi connectivity index (χ4n) is 1.21. The third-order valence-electron chi connectivity index (χ3n) is 1.89. The number of halogens is 2. The monoisotopic (exact) mass is 369 g/mol. The van der Waals surface area contributed by atoms with Crippen molar-refractivity contribution in [2.75, 3.05) is 0 Å². The predicted molar refractivity (Wildman–Crippen MR) is 72.0 cm³/mol. The molecule has 0 amide bonds. The fraction of sp³-hybridized carbons (Fsp3) is 0.400. The van der Waals surface area contributed by atoms with Crippen molar-refractivity contribution in [1.82, 2.24) is 4.72 Å². The fourth-order valence-corrected chi connectivity index (χ4v) is 4.14. The maximum Gasteiger partial charge on any atom is 0.241 e. The van der Waals surface area contributed by atoms with E-state index < -0.39 is 10.0 Å². The lowest BCUT2D eigenvalue weighted by Gasteiger charge is -2.12. The van der Waals surface area contributed by atoms with Crippen molar-refractivity contribution in [3.8, 4) is 0 Å². The van der Waals surface area contributed by atoms with E-state index in [9.17, 15) is 8.42 Å².